The second kappa shape index (κ2) is 3.47. The highest BCUT2D eigenvalue weighted by molar-refractivity contribution is 5.48. The quantitative estimate of drug-likeness (QED) is 0.840. The van der Waals surface area contributed by atoms with Crippen molar-refractivity contribution >= 4 is 5.69 Å². The molecule has 0 amide bonds. The van der Waals surface area contributed by atoms with Crippen LogP contribution in [0.1, 0.15) is 33.3 Å². The molecule has 2 nitrogen and oxygen atoms in total. The molecule has 0 saturated heterocycles. The molecule has 0 radical (unpaired) electrons. The van der Waals surface area contributed by atoms with Crippen molar-refractivity contribution in [3.05, 3.63) is 24.0 Å². The normalized spacial score (nSPS) is 21.8. The molecule has 1 aliphatic rings. The van der Waals surface area contributed by atoms with E-state index in [0.29, 0.717) is 10.8 Å². The lowest BCUT2D eigenvalue weighted by atomic mass is 10.0. The van der Waals surface area contributed by atoms with E-state index in [4.69, 9.17) is 0 Å². The van der Waals surface area contributed by atoms with E-state index in [2.05, 4.69) is 51.0 Å². The van der Waals surface area contributed by atoms with Gasteiger partial charge in [-0.15, -0.1) is 0 Å². The molecule has 1 aromatic heterocycles. The van der Waals surface area contributed by atoms with Gasteiger partial charge in [-0.3, -0.25) is 4.98 Å². The maximum atomic E-state index is 4.10. The molecule has 1 aromatic rings. The maximum absolute atomic E-state index is 4.10. The third kappa shape index (κ3) is 1.60. The van der Waals surface area contributed by atoms with Gasteiger partial charge in [-0.2, -0.15) is 0 Å². The predicted octanol–water partition coefficient (Wildman–Crippen LogP) is 3.48. The van der Waals surface area contributed by atoms with Crippen LogP contribution in [0.3, 0.4) is 0 Å². The van der Waals surface area contributed by atoms with Crippen molar-refractivity contribution in [3.63, 3.8) is 0 Å². The Bertz CT molecular complexity index is 379. The SMILES string of the molecule is Cc1cnccc1NCC1C(C)(C)C1(C)C. The highest BCUT2D eigenvalue weighted by atomic mass is 14.9. The summed E-state index contributed by atoms with van der Waals surface area (Å²) in [4.78, 5) is 4.10. The van der Waals surface area contributed by atoms with Gasteiger partial charge in [-0.05, 0) is 35.3 Å². The predicted molar refractivity (Wildman–Crippen MR) is 68.5 cm³/mol. The first kappa shape index (κ1) is 11.4. The molecular formula is C14H22N2. The van der Waals surface area contributed by atoms with E-state index in [9.17, 15) is 0 Å². The first-order chi connectivity index (χ1) is 7.37. The molecule has 0 atom stereocenters. The first-order valence-electron chi connectivity index (χ1n) is 6.02. The van der Waals surface area contributed by atoms with Crippen molar-refractivity contribution in [3.8, 4) is 0 Å². The molecule has 2 heteroatoms. The lowest BCUT2D eigenvalue weighted by Crippen LogP contribution is -2.09. The highest BCUT2D eigenvalue weighted by Crippen LogP contribution is 2.68. The summed E-state index contributed by atoms with van der Waals surface area (Å²) in [6, 6.07) is 2.05. The minimum Gasteiger partial charge on any atom is -0.384 e. The number of hydrogen-bond acceptors (Lipinski definition) is 2. The topological polar surface area (TPSA) is 24.9 Å². The third-order valence-electron chi connectivity index (χ3n) is 4.84. The smallest absolute Gasteiger partial charge is 0.0400 e. The van der Waals surface area contributed by atoms with Gasteiger partial charge >= 0.3 is 0 Å². The van der Waals surface area contributed by atoms with Gasteiger partial charge in [0.25, 0.3) is 0 Å². The van der Waals surface area contributed by atoms with Gasteiger partial charge in [0, 0.05) is 24.6 Å². The number of anilines is 1. The largest absolute Gasteiger partial charge is 0.384 e. The van der Waals surface area contributed by atoms with Gasteiger partial charge < -0.3 is 5.32 Å². The summed E-state index contributed by atoms with van der Waals surface area (Å²) in [5.74, 6) is 0.757. The average Bonchev–Trinajstić information content (AvgIpc) is 2.58. The van der Waals surface area contributed by atoms with E-state index in [0.717, 1.165) is 12.5 Å². The van der Waals surface area contributed by atoms with Gasteiger partial charge in [-0.1, -0.05) is 27.7 Å². The van der Waals surface area contributed by atoms with Crippen LogP contribution in [-0.2, 0) is 0 Å². The van der Waals surface area contributed by atoms with Gasteiger partial charge in [0.15, 0.2) is 0 Å². The summed E-state index contributed by atoms with van der Waals surface area (Å²) in [5, 5.41) is 3.55. The fourth-order valence-corrected chi connectivity index (χ4v) is 2.73. The summed E-state index contributed by atoms with van der Waals surface area (Å²) >= 11 is 0. The van der Waals surface area contributed by atoms with Crippen LogP contribution >= 0.6 is 0 Å². The summed E-state index contributed by atoms with van der Waals surface area (Å²) < 4.78 is 0. The van der Waals surface area contributed by atoms with Crippen LogP contribution in [0.15, 0.2) is 18.5 Å². The monoisotopic (exact) mass is 218 g/mol. The molecule has 1 fully saturated rings. The Morgan fingerprint density at radius 1 is 1.25 bits per heavy atom. The van der Waals surface area contributed by atoms with E-state index in [1.165, 1.54) is 11.3 Å². The first-order valence-corrected chi connectivity index (χ1v) is 6.02. The summed E-state index contributed by atoms with van der Waals surface area (Å²) in [7, 11) is 0. The standard InChI is InChI=1S/C14H22N2/c1-10-8-15-7-6-11(10)16-9-12-13(2,3)14(12,4)5/h6-8,12H,9H2,1-5H3,(H,15,16). The van der Waals surface area contributed by atoms with Gasteiger partial charge in [0.2, 0.25) is 0 Å². The molecule has 0 aliphatic heterocycles. The number of pyridine rings is 1. The Labute approximate surface area is 98.5 Å². The molecule has 16 heavy (non-hydrogen) atoms. The van der Waals surface area contributed by atoms with Gasteiger partial charge in [0.1, 0.15) is 0 Å². The van der Waals surface area contributed by atoms with Gasteiger partial charge in [-0.25, -0.2) is 0 Å². The van der Waals surface area contributed by atoms with Crippen molar-refractivity contribution in [1.29, 1.82) is 0 Å². The Hall–Kier alpha value is -1.05. The lowest BCUT2D eigenvalue weighted by molar-refractivity contribution is 0.457. The molecule has 1 heterocycles. The van der Waals surface area contributed by atoms with Crippen molar-refractivity contribution in [2.75, 3.05) is 11.9 Å². The van der Waals surface area contributed by atoms with Crippen LogP contribution in [0.5, 0.6) is 0 Å². The Kier molecular flexibility index (Phi) is 2.48. The van der Waals surface area contributed by atoms with Crippen molar-refractivity contribution < 1.29 is 0 Å². The molecule has 2 rings (SSSR count). The van der Waals surface area contributed by atoms with Crippen LogP contribution in [0.2, 0.25) is 0 Å². The molecule has 0 aromatic carbocycles. The Morgan fingerprint density at radius 2 is 1.88 bits per heavy atom. The van der Waals surface area contributed by atoms with Crippen LogP contribution in [-0.4, -0.2) is 11.5 Å². The van der Waals surface area contributed by atoms with Crippen LogP contribution in [0, 0.1) is 23.7 Å². The maximum Gasteiger partial charge on any atom is 0.0400 e. The van der Waals surface area contributed by atoms with Crippen LogP contribution in [0.4, 0.5) is 5.69 Å². The molecule has 0 spiro atoms. The molecule has 1 saturated carbocycles. The lowest BCUT2D eigenvalue weighted by Gasteiger charge is -2.09. The molecule has 88 valence electrons. The number of rotatable bonds is 3. The molecule has 1 N–H and O–H groups in total. The minimum atomic E-state index is 0.459. The third-order valence-corrected chi connectivity index (χ3v) is 4.84. The van der Waals surface area contributed by atoms with E-state index >= 15 is 0 Å². The van der Waals surface area contributed by atoms with E-state index < -0.39 is 0 Å². The number of aryl methyl sites for hydroxylation is 1. The summed E-state index contributed by atoms with van der Waals surface area (Å²) in [5.41, 5.74) is 3.36. The zero-order chi connectivity index (χ0) is 12.0. The summed E-state index contributed by atoms with van der Waals surface area (Å²) in [6.07, 6.45) is 3.75. The number of hydrogen-bond donors (Lipinski definition) is 1. The second-order valence-corrected chi connectivity index (χ2v) is 6.07. The fraction of sp³-hybridized carbons (Fsp3) is 0.643. The molecular weight excluding hydrogens is 196 g/mol. The molecule has 0 unspecified atom stereocenters. The summed E-state index contributed by atoms with van der Waals surface area (Å²) in [6.45, 7) is 12.6. The second-order valence-electron chi connectivity index (χ2n) is 6.07. The Balaban J connectivity index is 1.98. The molecule has 0 bridgehead atoms. The zero-order valence-corrected chi connectivity index (χ0v) is 11.0. The Morgan fingerprint density at radius 3 is 2.38 bits per heavy atom. The van der Waals surface area contributed by atoms with E-state index in [-0.39, 0.29) is 0 Å². The average molecular weight is 218 g/mol. The highest BCUT2D eigenvalue weighted by Gasteiger charge is 2.63. The minimum absolute atomic E-state index is 0.459. The number of aromatic nitrogens is 1. The van der Waals surface area contributed by atoms with E-state index in [1.807, 2.05) is 12.4 Å². The van der Waals surface area contributed by atoms with Crippen molar-refractivity contribution in [2.24, 2.45) is 16.7 Å². The van der Waals surface area contributed by atoms with Crippen LogP contribution < -0.4 is 5.32 Å². The van der Waals surface area contributed by atoms with E-state index in [1.54, 1.807) is 0 Å². The fourth-order valence-electron chi connectivity index (χ4n) is 2.73. The van der Waals surface area contributed by atoms with Crippen molar-refractivity contribution in [2.45, 2.75) is 34.6 Å². The zero-order valence-electron chi connectivity index (χ0n) is 11.0. The molecule has 1 aliphatic carbocycles. The van der Waals surface area contributed by atoms with Crippen molar-refractivity contribution in [1.82, 2.24) is 4.98 Å². The number of nitrogens with one attached hydrogen (secondary N) is 1. The van der Waals surface area contributed by atoms with Gasteiger partial charge in [0.05, 0.1) is 0 Å². The van der Waals surface area contributed by atoms with Crippen LogP contribution in [0.25, 0.3) is 0 Å². The number of nitrogens with zero attached hydrogens (tertiary/aromatic N) is 1.